The molecule has 0 radical (unpaired) electrons. The Morgan fingerprint density at radius 2 is 2.09 bits per heavy atom. The quantitative estimate of drug-likeness (QED) is 0.852. The van der Waals surface area contributed by atoms with Crippen molar-refractivity contribution in [1.82, 2.24) is 25.1 Å². The van der Waals surface area contributed by atoms with Gasteiger partial charge in [0.2, 0.25) is 0 Å². The number of rotatable bonds is 6. The van der Waals surface area contributed by atoms with E-state index >= 15 is 0 Å². The van der Waals surface area contributed by atoms with Crippen LogP contribution in [0.5, 0.6) is 0 Å². The fraction of sp³-hybridized carbons (Fsp3) is 0.500. The zero-order valence-electron chi connectivity index (χ0n) is 14.1. The molecule has 23 heavy (non-hydrogen) atoms. The summed E-state index contributed by atoms with van der Waals surface area (Å²) in [5.41, 5.74) is 7.10. The standard InChI is InChI=1S/C16H24N6O/c1-5-12(6-2)22-11(4)13(9-19-22)16(23)20-10(3)15-18-8-7-14(17)21-15/h7-10,12H,5-6H2,1-4H3,(H,20,23)(H2,17,18,21)/t10-/m0/s1. The van der Waals surface area contributed by atoms with E-state index in [9.17, 15) is 4.79 Å². The van der Waals surface area contributed by atoms with E-state index in [-0.39, 0.29) is 11.9 Å². The minimum Gasteiger partial charge on any atom is -0.384 e. The highest BCUT2D eigenvalue weighted by molar-refractivity contribution is 5.95. The van der Waals surface area contributed by atoms with E-state index in [1.807, 2.05) is 18.5 Å². The van der Waals surface area contributed by atoms with Crippen molar-refractivity contribution in [1.29, 1.82) is 0 Å². The minimum atomic E-state index is -0.332. The normalized spacial score (nSPS) is 12.4. The van der Waals surface area contributed by atoms with Crippen LogP contribution in [-0.4, -0.2) is 25.7 Å². The predicted octanol–water partition coefficient (Wildman–Crippen LogP) is 2.42. The van der Waals surface area contributed by atoms with Gasteiger partial charge in [0.25, 0.3) is 5.91 Å². The van der Waals surface area contributed by atoms with Gasteiger partial charge in [-0.1, -0.05) is 13.8 Å². The second kappa shape index (κ2) is 7.21. The highest BCUT2D eigenvalue weighted by Crippen LogP contribution is 2.19. The van der Waals surface area contributed by atoms with Gasteiger partial charge in [-0.15, -0.1) is 0 Å². The highest BCUT2D eigenvalue weighted by Gasteiger charge is 2.20. The van der Waals surface area contributed by atoms with Crippen molar-refractivity contribution in [2.24, 2.45) is 0 Å². The average Bonchev–Trinajstić information content (AvgIpc) is 2.90. The second-order valence-corrected chi connectivity index (χ2v) is 5.59. The van der Waals surface area contributed by atoms with E-state index in [0.717, 1.165) is 18.5 Å². The number of hydrogen-bond donors (Lipinski definition) is 2. The number of amides is 1. The van der Waals surface area contributed by atoms with E-state index in [0.29, 0.717) is 23.2 Å². The number of aromatic nitrogens is 4. The van der Waals surface area contributed by atoms with Crippen LogP contribution < -0.4 is 11.1 Å². The first-order valence-electron chi connectivity index (χ1n) is 7.91. The highest BCUT2D eigenvalue weighted by atomic mass is 16.1. The van der Waals surface area contributed by atoms with Crippen LogP contribution in [0.25, 0.3) is 0 Å². The molecular formula is C16H24N6O. The van der Waals surface area contributed by atoms with Crippen molar-refractivity contribution in [3.05, 3.63) is 35.5 Å². The number of hydrogen-bond acceptors (Lipinski definition) is 5. The summed E-state index contributed by atoms with van der Waals surface area (Å²) in [5, 5.41) is 7.27. The number of nitrogen functional groups attached to an aromatic ring is 1. The zero-order chi connectivity index (χ0) is 17.0. The number of carbonyl (C=O) groups is 1. The van der Waals surface area contributed by atoms with Gasteiger partial charge in [-0.05, 0) is 32.8 Å². The fourth-order valence-corrected chi connectivity index (χ4v) is 2.58. The predicted molar refractivity (Wildman–Crippen MR) is 88.9 cm³/mol. The summed E-state index contributed by atoms with van der Waals surface area (Å²) in [6.45, 7) is 7.98. The molecule has 0 saturated heterocycles. The Bertz CT molecular complexity index is 677. The van der Waals surface area contributed by atoms with Crippen molar-refractivity contribution in [2.75, 3.05) is 5.73 Å². The van der Waals surface area contributed by atoms with Crippen molar-refractivity contribution in [3.63, 3.8) is 0 Å². The molecule has 0 fully saturated rings. The third kappa shape index (κ3) is 3.67. The number of nitrogens with zero attached hydrogens (tertiary/aromatic N) is 4. The molecule has 0 aliphatic carbocycles. The van der Waals surface area contributed by atoms with E-state index in [1.54, 1.807) is 18.5 Å². The number of nitrogens with two attached hydrogens (primary N) is 1. The summed E-state index contributed by atoms with van der Waals surface area (Å²) in [7, 11) is 0. The van der Waals surface area contributed by atoms with Gasteiger partial charge in [0.05, 0.1) is 23.8 Å². The van der Waals surface area contributed by atoms with E-state index in [1.165, 1.54) is 0 Å². The molecule has 2 aromatic rings. The lowest BCUT2D eigenvalue weighted by molar-refractivity contribution is 0.0937. The van der Waals surface area contributed by atoms with E-state index in [4.69, 9.17) is 5.73 Å². The number of anilines is 1. The van der Waals surface area contributed by atoms with E-state index in [2.05, 4.69) is 34.2 Å². The SMILES string of the molecule is CCC(CC)n1ncc(C(=O)N[C@@H](C)c2nccc(N)n2)c1C. The summed E-state index contributed by atoms with van der Waals surface area (Å²) in [4.78, 5) is 20.8. The zero-order valence-corrected chi connectivity index (χ0v) is 14.1. The molecule has 0 aliphatic rings. The van der Waals surface area contributed by atoms with Gasteiger partial charge in [-0.25, -0.2) is 9.97 Å². The summed E-state index contributed by atoms with van der Waals surface area (Å²) >= 11 is 0. The number of nitrogens with one attached hydrogen (secondary N) is 1. The van der Waals surface area contributed by atoms with Crippen molar-refractivity contribution < 1.29 is 4.79 Å². The molecule has 3 N–H and O–H groups in total. The Kier molecular flexibility index (Phi) is 5.31. The third-order valence-corrected chi connectivity index (χ3v) is 4.01. The molecule has 2 aromatic heterocycles. The first-order valence-corrected chi connectivity index (χ1v) is 7.91. The average molecular weight is 316 g/mol. The van der Waals surface area contributed by atoms with Gasteiger partial charge in [0.15, 0.2) is 5.82 Å². The molecule has 7 nitrogen and oxygen atoms in total. The molecule has 0 aliphatic heterocycles. The Labute approximate surface area is 136 Å². The smallest absolute Gasteiger partial charge is 0.255 e. The van der Waals surface area contributed by atoms with Crippen molar-refractivity contribution >= 4 is 11.7 Å². The van der Waals surface area contributed by atoms with Gasteiger partial charge in [-0.2, -0.15) is 5.10 Å². The maximum absolute atomic E-state index is 12.5. The van der Waals surface area contributed by atoms with Gasteiger partial charge in [0, 0.05) is 11.9 Å². The lowest BCUT2D eigenvalue weighted by atomic mass is 10.1. The lowest BCUT2D eigenvalue weighted by Gasteiger charge is -2.16. The minimum absolute atomic E-state index is 0.182. The lowest BCUT2D eigenvalue weighted by Crippen LogP contribution is -2.28. The molecule has 2 heterocycles. The second-order valence-electron chi connectivity index (χ2n) is 5.59. The van der Waals surface area contributed by atoms with Crippen LogP contribution in [0.15, 0.2) is 18.5 Å². The fourth-order valence-electron chi connectivity index (χ4n) is 2.58. The van der Waals surface area contributed by atoms with Crippen molar-refractivity contribution in [2.45, 2.75) is 52.6 Å². The topological polar surface area (TPSA) is 98.7 Å². The molecule has 0 aromatic carbocycles. The van der Waals surface area contributed by atoms with Crippen LogP contribution >= 0.6 is 0 Å². The molecule has 7 heteroatoms. The first-order chi connectivity index (χ1) is 11.0. The monoisotopic (exact) mass is 316 g/mol. The van der Waals surface area contributed by atoms with Gasteiger partial charge in [0.1, 0.15) is 5.82 Å². The molecular weight excluding hydrogens is 292 g/mol. The Morgan fingerprint density at radius 3 is 2.70 bits per heavy atom. The van der Waals surface area contributed by atoms with Gasteiger partial charge >= 0.3 is 0 Å². The van der Waals surface area contributed by atoms with Crippen LogP contribution in [0.1, 0.15) is 67.6 Å². The Morgan fingerprint density at radius 1 is 1.39 bits per heavy atom. The summed E-state index contributed by atoms with van der Waals surface area (Å²) in [6.07, 6.45) is 5.16. The van der Waals surface area contributed by atoms with Crippen LogP contribution in [0, 0.1) is 6.92 Å². The van der Waals surface area contributed by atoms with Crippen LogP contribution in [-0.2, 0) is 0 Å². The summed E-state index contributed by atoms with van der Waals surface area (Å²) in [5.74, 6) is 0.690. The maximum Gasteiger partial charge on any atom is 0.255 e. The Hall–Kier alpha value is -2.44. The van der Waals surface area contributed by atoms with Crippen molar-refractivity contribution in [3.8, 4) is 0 Å². The Balaban J connectivity index is 2.15. The molecule has 1 atom stereocenters. The van der Waals surface area contributed by atoms with Crippen LogP contribution in [0.2, 0.25) is 0 Å². The maximum atomic E-state index is 12.5. The van der Waals surface area contributed by atoms with Crippen LogP contribution in [0.3, 0.4) is 0 Å². The molecule has 2 rings (SSSR count). The summed E-state index contributed by atoms with van der Waals surface area (Å²) in [6, 6.07) is 1.59. The molecule has 0 bridgehead atoms. The van der Waals surface area contributed by atoms with Gasteiger partial charge < -0.3 is 11.1 Å². The molecule has 0 spiro atoms. The van der Waals surface area contributed by atoms with Gasteiger partial charge in [-0.3, -0.25) is 9.48 Å². The van der Waals surface area contributed by atoms with Crippen LogP contribution in [0.4, 0.5) is 5.82 Å². The molecule has 1 amide bonds. The molecule has 124 valence electrons. The third-order valence-electron chi connectivity index (χ3n) is 4.01. The summed E-state index contributed by atoms with van der Waals surface area (Å²) < 4.78 is 1.93. The number of carbonyl (C=O) groups excluding carboxylic acids is 1. The molecule has 0 saturated carbocycles. The van der Waals surface area contributed by atoms with E-state index < -0.39 is 0 Å². The largest absolute Gasteiger partial charge is 0.384 e. The first kappa shape index (κ1) is 16.9. The molecule has 0 unspecified atom stereocenters.